The summed E-state index contributed by atoms with van der Waals surface area (Å²) in [6.45, 7) is 0. The first-order chi connectivity index (χ1) is 9.79. The Morgan fingerprint density at radius 2 is 2.05 bits per heavy atom. The highest BCUT2D eigenvalue weighted by atomic mass is 32.1. The van der Waals surface area contributed by atoms with Gasteiger partial charge in [-0.2, -0.15) is 13.2 Å². The van der Waals surface area contributed by atoms with E-state index in [1.165, 1.54) is 12.1 Å². The van der Waals surface area contributed by atoms with Crippen molar-refractivity contribution >= 4 is 23.1 Å². The Kier molecular flexibility index (Phi) is 4.51. The van der Waals surface area contributed by atoms with Crippen molar-refractivity contribution in [3.8, 4) is 0 Å². The maximum atomic E-state index is 12.6. The monoisotopic (exact) mass is 316 g/mol. The first-order valence-corrected chi connectivity index (χ1v) is 6.97. The second-order valence-corrected chi connectivity index (χ2v) is 5.57. The second kappa shape index (κ2) is 6.01. The summed E-state index contributed by atoms with van der Waals surface area (Å²) >= 11 is 4.95. The van der Waals surface area contributed by atoms with E-state index >= 15 is 0 Å². The smallest absolute Gasteiger partial charge is 0.393 e. The minimum Gasteiger partial charge on any atom is -0.393 e. The van der Waals surface area contributed by atoms with Crippen LogP contribution in [0.3, 0.4) is 0 Å². The number of nitrogens with two attached hydrogens (primary N) is 1. The summed E-state index contributed by atoms with van der Waals surface area (Å²) in [4.78, 5) is 12.4. The van der Waals surface area contributed by atoms with Gasteiger partial charge >= 0.3 is 6.18 Å². The van der Waals surface area contributed by atoms with E-state index in [-0.39, 0.29) is 17.5 Å². The van der Waals surface area contributed by atoms with Crippen LogP contribution in [0, 0.1) is 5.92 Å². The van der Waals surface area contributed by atoms with Crippen LogP contribution in [0.5, 0.6) is 0 Å². The molecule has 1 fully saturated rings. The van der Waals surface area contributed by atoms with Crippen LogP contribution < -0.4 is 11.1 Å². The van der Waals surface area contributed by atoms with Gasteiger partial charge in [-0.1, -0.05) is 24.7 Å². The number of hydrogen-bond donors (Lipinski definition) is 2. The van der Waals surface area contributed by atoms with E-state index in [9.17, 15) is 18.0 Å². The molecule has 114 valence electrons. The number of amides is 1. The summed E-state index contributed by atoms with van der Waals surface area (Å²) in [6.07, 6.45) is -2.06. The van der Waals surface area contributed by atoms with E-state index in [0.717, 1.165) is 31.4 Å². The summed E-state index contributed by atoms with van der Waals surface area (Å²) in [7, 11) is 0. The Hall–Kier alpha value is -1.63. The summed E-state index contributed by atoms with van der Waals surface area (Å²) in [5.41, 5.74) is 4.76. The summed E-state index contributed by atoms with van der Waals surface area (Å²) < 4.78 is 37.9. The van der Waals surface area contributed by atoms with Crippen molar-refractivity contribution in [3.63, 3.8) is 0 Å². The van der Waals surface area contributed by atoms with Crippen molar-refractivity contribution in [2.75, 3.05) is 0 Å². The van der Waals surface area contributed by atoms with E-state index in [4.69, 9.17) is 18.0 Å². The number of alkyl halides is 3. The van der Waals surface area contributed by atoms with Crippen molar-refractivity contribution in [1.82, 2.24) is 5.32 Å². The molecule has 1 aromatic carbocycles. The van der Waals surface area contributed by atoms with Gasteiger partial charge in [0, 0.05) is 17.5 Å². The molecule has 0 heterocycles. The lowest BCUT2D eigenvalue weighted by atomic mass is 10.0. The number of rotatable bonds is 3. The van der Waals surface area contributed by atoms with Gasteiger partial charge in [-0.3, -0.25) is 4.79 Å². The van der Waals surface area contributed by atoms with Crippen molar-refractivity contribution in [3.05, 3.63) is 35.4 Å². The molecule has 1 aliphatic rings. The molecule has 0 aromatic heterocycles. The van der Waals surface area contributed by atoms with Gasteiger partial charge in [0.25, 0.3) is 5.91 Å². The molecule has 2 unspecified atom stereocenters. The molecule has 2 rings (SSSR count). The van der Waals surface area contributed by atoms with Crippen molar-refractivity contribution in [1.29, 1.82) is 0 Å². The normalized spacial score (nSPS) is 22.0. The van der Waals surface area contributed by atoms with Crippen molar-refractivity contribution < 1.29 is 18.0 Å². The maximum Gasteiger partial charge on any atom is 0.416 e. The molecule has 0 radical (unpaired) electrons. The standard InChI is InChI=1S/C14H15F3N2OS/c15-14(16,17)9-4-1-3-8(7-9)13(20)19-11-6-2-5-10(11)12(18)21/h1,3-4,7,10-11H,2,5-6H2,(H2,18,21)(H,19,20). The van der Waals surface area contributed by atoms with E-state index in [1.54, 1.807) is 0 Å². The highest BCUT2D eigenvalue weighted by molar-refractivity contribution is 7.80. The van der Waals surface area contributed by atoms with Gasteiger partial charge < -0.3 is 11.1 Å². The first-order valence-electron chi connectivity index (χ1n) is 6.56. The average Bonchev–Trinajstić information content (AvgIpc) is 2.86. The SMILES string of the molecule is NC(=S)C1CCCC1NC(=O)c1cccc(C(F)(F)F)c1. The van der Waals surface area contributed by atoms with Crippen LogP contribution in [-0.2, 0) is 6.18 Å². The van der Waals surface area contributed by atoms with E-state index in [0.29, 0.717) is 4.99 Å². The van der Waals surface area contributed by atoms with Crippen LogP contribution in [-0.4, -0.2) is 16.9 Å². The minimum atomic E-state index is -4.47. The maximum absolute atomic E-state index is 12.6. The fraction of sp³-hybridized carbons (Fsp3) is 0.429. The van der Waals surface area contributed by atoms with Gasteiger partial charge in [0.15, 0.2) is 0 Å². The third kappa shape index (κ3) is 3.72. The lowest BCUT2D eigenvalue weighted by molar-refractivity contribution is -0.137. The average molecular weight is 316 g/mol. The van der Waals surface area contributed by atoms with Gasteiger partial charge in [-0.05, 0) is 31.0 Å². The van der Waals surface area contributed by atoms with Crippen molar-refractivity contribution in [2.45, 2.75) is 31.5 Å². The van der Waals surface area contributed by atoms with Crippen LogP contribution in [0.15, 0.2) is 24.3 Å². The number of thiocarbonyl (C=S) groups is 1. The summed E-state index contributed by atoms with van der Waals surface area (Å²) in [5.74, 6) is -0.621. The van der Waals surface area contributed by atoms with Crippen LogP contribution >= 0.6 is 12.2 Å². The molecule has 2 atom stereocenters. The number of hydrogen-bond acceptors (Lipinski definition) is 2. The Morgan fingerprint density at radius 3 is 2.67 bits per heavy atom. The molecule has 0 aliphatic heterocycles. The number of benzene rings is 1. The van der Waals surface area contributed by atoms with Crippen LogP contribution in [0.1, 0.15) is 35.2 Å². The van der Waals surface area contributed by atoms with Crippen LogP contribution in [0.4, 0.5) is 13.2 Å². The molecule has 0 saturated heterocycles. The predicted molar refractivity (Wildman–Crippen MR) is 76.8 cm³/mol. The summed E-state index contributed by atoms with van der Waals surface area (Å²) in [6, 6.07) is 4.15. The molecule has 3 N–H and O–H groups in total. The molecular weight excluding hydrogens is 301 g/mol. The van der Waals surface area contributed by atoms with Gasteiger partial charge in [-0.25, -0.2) is 0 Å². The molecule has 1 aromatic rings. The third-order valence-corrected chi connectivity index (χ3v) is 3.95. The fourth-order valence-electron chi connectivity index (χ4n) is 2.56. The first kappa shape index (κ1) is 15.8. The summed E-state index contributed by atoms with van der Waals surface area (Å²) in [5, 5.41) is 2.73. The molecule has 1 aliphatic carbocycles. The second-order valence-electron chi connectivity index (χ2n) is 5.10. The Morgan fingerprint density at radius 1 is 1.33 bits per heavy atom. The fourth-order valence-corrected chi connectivity index (χ4v) is 2.84. The number of carbonyl (C=O) groups is 1. The quantitative estimate of drug-likeness (QED) is 0.843. The Balaban J connectivity index is 2.12. The zero-order valence-corrected chi connectivity index (χ0v) is 11.9. The number of nitrogens with one attached hydrogen (secondary N) is 1. The van der Waals surface area contributed by atoms with E-state index in [1.807, 2.05) is 0 Å². The van der Waals surface area contributed by atoms with Gasteiger partial charge in [0.1, 0.15) is 0 Å². The van der Waals surface area contributed by atoms with Gasteiger partial charge in [-0.15, -0.1) is 0 Å². The highest BCUT2D eigenvalue weighted by Crippen LogP contribution is 2.30. The van der Waals surface area contributed by atoms with E-state index in [2.05, 4.69) is 5.32 Å². The van der Waals surface area contributed by atoms with E-state index < -0.39 is 17.6 Å². The zero-order chi connectivity index (χ0) is 15.6. The molecule has 1 amide bonds. The topological polar surface area (TPSA) is 55.1 Å². The van der Waals surface area contributed by atoms with Crippen molar-refractivity contribution in [2.24, 2.45) is 11.7 Å². The van der Waals surface area contributed by atoms with Gasteiger partial charge in [0.2, 0.25) is 0 Å². The molecule has 7 heteroatoms. The molecule has 21 heavy (non-hydrogen) atoms. The molecule has 1 saturated carbocycles. The lowest BCUT2D eigenvalue weighted by Crippen LogP contribution is -2.41. The zero-order valence-electron chi connectivity index (χ0n) is 11.1. The molecule has 0 bridgehead atoms. The number of halogens is 3. The minimum absolute atomic E-state index is 0.0154. The van der Waals surface area contributed by atoms with Crippen LogP contribution in [0.2, 0.25) is 0 Å². The van der Waals surface area contributed by atoms with Crippen LogP contribution in [0.25, 0.3) is 0 Å². The molecule has 0 spiro atoms. The largest absolute Gasteiger partial charge is 0.416 e. The number of carbonyl (C=O) groups excluding carboxylic acids is 1. The third-order valence-electron chi connectivity index (χ3n) is 3.65. The lowest BCUT2D eigenvalue weighted by Gasteiger charge is -2.20. The molecule has 3 nitrogen and oxygen atoms in total. The Bertz CT molecular complexity index is 559. The highest BCUT2D eigenvalue weighted by Gasteiger charge is 2.33. The predicted octanol–water partition coefficient (Wildman–Crippen LogP) is 2.89. The Labute approximate surface area is 125 Å². The van der Waals surface area contributed by atoms with Gasteiger partial charge in [0.05, 0.1) is 10.6 Å². The molecular formula is C14H15F3N2OS.